The van der Waals surface area contributed by atoms with Crippen molar-refractivity contribution in [3.8, 4) is 0 Å². The van der Waals surface area contributed by atoms with E-state index < -0.39 is 0 Å². The van der Waals surface area contributed by atoms with E-state index in [4.69, 9.17) is 0 Å². The fourth-order valence-electron chi connectivity index (χ4n) is 0.849. The Bertz CT molecular complexity index is 261. The minimum Gasteiger partial charge on any atom is -0.338 e. The third kappa shape index (κ3) is 3.55. The molecule has 70 valence electrons. The molecule has 0 aromatic carbocycles. The van der Waals surface area contributed by atoms with Gasteiger partial charge in [0.2, 0.25) is 0 Å². The van der Waals surface area contributed by atoms with Crippen molar-refractivity contribution in [1.29, 1.82) is 0 Å². The number of pyridine rings is 1. The summed E-state index contributed by atoms with van der Waals surface area (Å²) in [6, 6.07) is 3.31. The van der Waals surface area contributed by atoms with Crippen molar-refractivity contribution < 1.29 is 4.79 Å². The number of anilines is 1. The standard InChI is InChI=1S/C9H13N3O/c1-2-5-11-9(13)12-8-3-6-10-7-4-8/h3-4,6-7H,2,5H2,1H3,(H2,10,11,12,13). The van der Waals surface area contributed by atoms with Crippen molar-refractivity contribution >= 4 is 11.7 Å². The Morgan fingerprint density at radius 2 is 2.15 bits per heavy atom. The maximum Gasteiger partial charge on any atom is 0.319 e. The van der Waals surface area contributed by atoms with E-state index in [0.29, 0.717) is 6.54 Å². The predicted octanol–water partition coefficient (Wildman–Crippen LogP) is 1.61. The lowest BCUT2D eigenvalue weighted by Crippen LogP contribution is -2.29. The van der Waals surface area contributed by atoms with Gasteiger partial charge in [-0.25, -0.2) is 4.79 Å². The van der Waals surface area contributed by atoms with Crippen molar-refractivity contribution in [3.63, 3.8) is 0 Å². The zero-order valence-corrected chi connectivity index (χ0v) is 7.58. The molecule has 0 aliphatic carbocycles. The number of aromatic nitrogens is 1. The first-order chi connectivity index (χ1) is 6.33. The summed E-state index contributed by atoms with van der Waals surface area (Å²) in [5.74, 6) is 0. The Labute approximate surface area is 77.4 Å². The van der Waals surface area contributed by atoms with Crippen molar-refractivity contribution in [3.05, 3.63) is 24.5 Å². The molecule has 0 spiro atoms. The van der Waals surface area contributed by atoms with Gasteiger partial charge in [-0.05, 0) is 18.6 Å². The summed E-state index contributed by atoms with van der Waals surface area (Å²) in [6.07, 6.45) is 4.20. The molecule has 1 aromatic heterocycles. The van der Waals surface area contributed by atoms with Crippen LogP contribution in [0.2, 0.25) is 0 Å². The molecule has 1 aromatic rings. The SMILES string of the molecule is CCCNC(=O)Nc1ccncc1. The molecule has 13 heavy (non-hydrogen) atoms. The van der Waals surface area contributed by atoms with Crippen LogP contribution in [0.4, 0.5) is 10.5 Å². The number of urea groups is 1. The second-order valence-corrected chi connectivity index (χ2v) is 2.62. The molecule has 0 aliphatic heterocycles. The van der Waals surface area contributed by atoms with E-state index in [1.165, 1.54) is 0 Å². The highest BCUT2D eigenvalue weighted by Gasteiger charge is 1.97. The number of carbonyl (C=O) groups excluding carboxylic acids is 1. The second kappa shape index (κ2) is 5.13. The van der Waals surface area contributed by atoms with Gasteiger partial charge in [-0.2, -0.15) is 0 Å². The summed E-state index contributed by atoms with van der Waals surface area (Å²) in [5.41, 5.74) is 0.753. The van der Waals surface area contributed by atoms with Crippen LogP contribution in [0, 0.1) is 0 Å². The average Bonchev–Trinajstić information content (AvgIpc) is 2.16. The molecule has 0 atom stereocenters. The Morgan fingerprint density at radius 3 is 2.77 bits per heavy atom. The van der Waals surface area contributed by atoms with Crippen molar-refractivity contribution in [1.82, 2.24) is 10.3 Å². The van der Waals surface area contributed by atoms with E-state index in [1.54, 1.807) is 24.5 Å². The zero-order chi connectivity index (χ0) is 9.52. The number of rotatable bonds is 3. The number of nitrogens with one attached hydrogen (secondary N) is 2. The number of amides is 2. The maximum absolute atomic E-state index is 11.1. The van der Waals surface area contributed by atoms with Crippen molar-refractivity contribution in [2.75, 3.05) is 11.9 Å². The number of carbonyl (C=O) groups is 1. The summed E-state index contributed by atoms with van der Waals surface area (Å²) in [7, 11) is 0. The molecule has 0 radical (unpaired) electrons. The molecular weight excluding hydrogens is 166 g/mol. The fourth-order valence-corrected chi connectivity index (χ4v) is 0.849. The van der Waals surface area contributed by atoms with Gasteiger partial charge in [0.15, 0.2) is 0 Å². The summed E-state index contributed by atoms with van der Waals surface area (Å²) in [4.78, 5) is 15.0. The lowest BCUT2D eigenvalue weighted by molar-refractivity contribution is 0.252. The molecular formula is C9H13N3O. The Kier molecular flexibility index (Phi) is 3.75. The van der Waals surface area contributed by atoms with E-state index in [0.717, 1.165) is 12.1 Å². The molecule has 1 heterocycles. The van der Waals surface area contributed by atoms with Crippen molar-refractivity contribution in [2.24, 2.45) is 0 Å². The van der Waals surface area contributed by atoms with E-state index in [1.807, 2.05) is 6.92 Å². The highest BCUT2D eigenvalue weighted by Crippen LogP contribution is 2.01. The zero-order valence-electron chi connectivity index (χ0n) is 7.58. The Balaban J connectivity index is 2.37. The molecule has 0 aliphatic rings. The molecule has 1 rings (SSSR count). The van der Waals surface area contributed by atoms with Gasteiger partial charge < -0.3 is 10.6 Å². The monoisotopic (exact) mass is 179 g/mol. The lowest BCUT2D eigenvalue weighted by Gasteiger charge is -2.05. The third-order valence-corrected chi connectivity index (χ3v) is 1.47. The van der Waals surface area contributed by atoms with Gasteiger partial charge in [0.25, 0.3) is 0 Å². The molecule has 2 amide bonds. The number of hydrogen-bond donors (Lipinski definition) is 2. The van der Waals surface area contributed by atoms with E-state index in [9.17, 15) is 4.79 Å². The Morgan fingerprint density at radius 1 is 1.46 bits per heavy atom. The third-order valence-electron chi connectivity index (χ3n) is 1.47. The summed E-state index contributed by atoms with van der Waals surface area (Å²) < 4.78 is 0. The largest absolute Gasteiger partial charge is 0.338 e. The van der Waals surface area contributed by atoms with Crippen LogP contribution >= 0.6 is 0 Å². The van der Waals surface area contributed by atoms with Gasteiger partial charge in [0, 0.05) is 24.6 Å². The molecule has 0 bridgehead atoms. The highest BCUT2D eigenvalue weighted by molar-refractivity contribution is 5.88. The van der Waals surface area contributed by atoms with Gasteiger partial charge >= 0.3 is 6.03 Å². The van der Waals surface area contributed by atoms with Crippen LogP contribution in [0.25, 0.3) is 0 Å². The van der Waals surface area contributed by atoms with E-state index in [2.05, 4.69) is 15.6 Å². The number of nitrogens with zero attached hydrogens (tertiary/aromatic N) is 1. The van der Waals surface area contributed by atoms with Gasteiger partial charge in [-0.3, -0.25) is 4.98 Å². The van der Waals surface area contributed by atoms with E-state index >= 15 is 0 Å². The van der Waals surface area contributed by atoms with Crippen LogP contribution in [0.5, 0.6) is 0 Å². The molecule has 0 saturated carbocycles. The summed E-state index contributed by atoms with van der Waals surface area (Å²) in [5, 5.41) is 5.40. The van der Waals surface area contributed by atoms with Gasteiger partial charge in [0.1, 0.15) is 0 Å². The minimum atomic E-state index is -0.173. The predicted molar refractivity (Wildman–Crippen MR) is 51.5 cm³/mol. The quantitative estimate of drug-likeness (QED) is 0.740. The van der Waals surface area contributed by atoms with Crippen LogP contribution in [-0.2, 0) is 0 Å². The minimum absolute atomic E-state index is 0.173. The Hall–Kier alpha value is -1.58. The topological polar surface area (TPSA) is 54.0 Å². The molecule has 0 unspecified atom stereocenters. The van der Waals surface area contributed by atoms with Crippen LogP contribution < -0.4 is 10.6 Å². The first-order valence-corrected chi connectivity index (χ1v) is 4.28. The second-order valence-electron chi connectivity index (χ2n) is 2.62. The van der Waals surface area contributed by atoms with Gasteiger partial charge in [0.05, 0.1) is 0 Å². The van der Waals surface area contributed by atoms with Crippen LogP contribution in [0.1, 0.15) is 13.3 Å². The van der Waals surface area contributed by atoms with Crippen LogP contribution in [-0.4, -0.2) is 17.6 Å². The van der Waals surface area contributed by atoms with E-state index in [-0.39, 0.29) is 6.03 Å². The first-order valence-electron chi connectivity index (χ1n) is 4.28. The maximum atomic E-state index is 11.1. The molecule has 2 N–H and O–H groups in total. The summed E-state index contributed by atoms with van der Waals surface area (Å²) in [6.45, 7) is 2.70. The molecule has 0 saturated heterocycles. The molecule has 0 fully saturated rings. The van der Waals surface area contributed by atoms with Crippen LogP contribution in [0.15, 0.2) is 24.5 Å². The summed E-state index contributed by atoms with van der Waals surface area (Å²) >= 11 is 0. The van der Waals surface area contributed by atoms with Crippen LogP contribution in [0.3, 0.4) is 0 Å². The molecule has 4 heteroatoms. The van der Waals surface area contributed by atoms with Gasteiger partial charge in [-0.15, -0.1) is 0 Å². The van der Waals surface area contributed by atoms with Gasteiger partial charge in [-0.1, -0.05) is 6.92 Å². The highest BCUT2D eigenvalue weighted by atomic mass is 16.2. The fraction of sp³-hybridized carbons (Fsp3) is 0.333. The lowest BCUT2D eigenvalue weighted by atomic mass is 10.4. The molecule has 4 nitrogen and oxygen atoms in total. The smallest absolute Gasteiger partial charge is 0.319 e. The first kappa shape index (κ1) is 9.51. The van der Waals surface area contributed by atoms with Crippen molar-refractivity contribution in [2.45, 2.75) is 13.3 Å². The number of hydrogen-bond acceptors (Lipinski definition) is 2. The average molecular weight is 179 g/mol. The normalized spacial score (nSPS) is 9.31.